The summed E-state index contributed by atoms with van der Waals surface area (Å²) in [6.07, 6.45) is 4.81. The molecule has 0 radical (unpaired) electrons. The van der Waals surface area contributed by atoms with Crippen LogP contribution in [0, 0.1) is 22.7 Å². The molecule has 0 amide bonds. The van der Waals surface area contributed by atoms with E-state index in [4.69, 9.17) is 34.3 Å². The van der Waals surface area contributed by atoms with Crippen molar-refractivity contribution in [2.24, 2.45) is 0 Å². The molecule has 0 atom stereocenters. The molecule has 3 aromatic carbocycles. The third kappa shape index (κ3) is 12.8. The van der Waals surface area contributed by atoms with E-state index in [0.717, 1.165) is 6.42 Å². The van der Waals surface area contributed by atoms with E-state index < -0.39 is 7.32 Å². The molecule has 0 saturated heterocycles. The second kappa shape index (κ2) is 23.5. The fourth-order valence-corrected chi connectivity index (χ4v) is 5.37. The third-order valence-electron chi connectivity index (χ3n) is 7.43. The molecule has 0 N–H and O–H groups in total. The summed E-state index contributed by atoms with van der Waals surface area (Å²) in [4.78, 5) is 10.4. The van der Waals surface area contributed by atoms with Crippen LogP contribution in [0.5, 0.6) is 11.8 Å². The van der Waals surface area contributed by atoms with E-state index in [9.17, 15) is 10.0 Å². The van der Waals surface area contributed by atoms with Crippen LogP contribution in [0.1, 0.15) is 43.4 Å². The van der Waals surface area contributed by atoms with Gasteiger partial charge in [0.25, 0.3) is 0 Å². The SMILES string of the molecule is CCO[n+]1ccccc1OCC#N.CCO[n+]1ccccc1OCC#N.[O-]B([O-])OCCCC(c1ccccc1)(c1ccccc1)c1ccccc1. The maximum absolute atomic E-state index is 10.7. The van der Waals surface area contributed by atoms with Gasteiger partial charge in [-0.05, 0) is 55.5 Å². The lowest BCUT2D eigenvalue weighted by atomic mass is 9.67. The molecule has 52 heavy (non-hydrogen) atoms. The van der Waals surface area contributed by atoms with E-state index >= 15 is 0 Å². The first-order chi connectivity index (χ1) is 25.5. The monoisotopic (exact) mass is 702 g/mol. The van der Waals surface area contributed by atoms with Gasteiger partial charge in [-0.15, -0.1) is 0 Å². The summed E-state index contributed by atoms with van der Waals surface area (Å²) in [5, 5.41) is 38.0. The highest BCUT2D eigenvalue weighted by Crippen LogP contribution is 2.42. The van der Waals surface area contributed by atoms with Crippen LogP contribution in [-0.4, -0.2) is 40.4 Å². The average Bonchev–Trinajstić information content (AvgIpc) is 3.19. The number of hydrogen-bond acceptors (Lipinski definition) is 9. The second-order valence-corrected chi connectivity index (χ2v) is 10.7. The van der Waals surface area contributed by atoms with Crippen LogP contribution in [0.15, 0.2) is 140 Å². The number of nitrogens with zero attached hydrogens (tertiary/aromatic N) is 4. The van der Waals surface area contributed by atoms with Crippen molar-refractivity contribution in [3.05, 3.63) is 156 Å². The zero-order valence-corrected chi connectivity index (χ0v) is 29.5. The Hall–Kier alpha value is -5.92. The fourth-order valence-electron chi connectivity index (χ4n) is 5.37. The summed E-state index contributed by atoms with van der Waals surface area (Å²) in [7, 11) is -2.23. The number of rotatable bonds is 16. The summed E-state index contributed by atoms with van der Waals surface area (Å²) in [5.41, 5.74) is 3.17. The maximum Gasteiger partial charge on any atom is 0.417 e. The zero-order valence-electron chi connectivity index (χ0n) is 29.5. The van der Waals surface area contributed by atoms with Crippen LogP contribution < -0.4 is 38.7 Å². The zero-order chi connectivity index (χ0) is 37.3. The maximum atomic E-state index is 10.7. The lowest BCUT2D eigenvalue weighted by molar-refractivity contribution is -0.892. The second-order valence-electron chi connectivity index (χ2n) is 10.7. The first-order valence-corrected chi connectivity index (χ1v) is 16.9. The Balaban J connectivity index is 0.000000235. The first-order valence-electron chi connectivity index (χ1n) is 16.9. The van der Waals surface area contributed by atoms with Gasteiger partial charge in [-0.25, -0.2) is 0 Å². The van der Waals surface area contributed by atoms with E-state index in [2.05, 4.69) is 36.4 Å². The smallest absolute Gasteiger partial charge is 0.417 e. The minimum Gasteiger partial charge on any atom is -0.871 e. The Morgan fingerprint density at radius 2 is 0.981 bits per heavy atom. The molecule has 0 saturated carbocycles. The lowest BCUT2D eigenvalue weighted by Gasteiger charge is -2.37. The number of pyridine rings is 2. The molecule has 268 valence electrons. The number of benzene rings is 3. The molecule has 0 unspecified atom stereocenters. The Morgan fingerprint density at radius 3 is 1.33 bits per heavy atom. The summed E-state index contributed by atoms with van der Waals surface area (Å²) in [5.74, 6) is 1.07. The normalized spacial score (nSPS) is 10.1. The third-order valence-corrected chi connectivity index (χ3v) is 7.43. The highest BCUT2D eigenvalue weighted by molar-refractivity contribution is 6.28. The number of nitriles is 2. The summed E-state index contributed by atoms with van der Waals surface area (Å²) < 4.78 is 18.0. The topological polar surface area (TPSA) is 148 Å². The predicted molar refractivity (Wildman–Crippen MR) is 190 cm³/mol. The van der Waals surface area contributed by atoms with Gasteiger partial charge >= 0.3 is 11.8 Å². The Kier molecular flexibility index (Phi) is 18.3. The van der Waals surface area contributed by atoms with Crippen molar-refractivity contribution in [2.45, 2.75) is 32.1 Å². The lowest BCUT2D eigenvalue weighted by Crippen LogP contribution is -2.48. The van der Waals surface area contributed by atoms with Crippen LogP contribution in [-0.2, 0) is 10.1 Å². The van der Waals surface area contributed by atoms with Crippen molar-refractivity contribution >= 4 is 7.32 Å². The highest BCUT2D eigenvalue weighted by atomic mass is 16.7. The molecular formula is C40H43BN4O7. The molecule has 11 nitrogen and oxygen atoms in total. The van der Waals surface area contributed by atoms with Gasteiger partial charge in [0, 0.05) is 33.6 Å². The predicted octanol–water partition coefficient (Wildman–Crippen LogP) is 3.17. The summed E-state index contributed by atoms with van der Waals surface area (Å²) in [6.45, 7) is 5.08. The van der Waals surface area contributed by atoms with E-state index in [1.54, 1.807) is 24.5 Å². The highest BCUT2D eigenvalue weighted by Gasteiger charge is 2.35. The largest absolute Gasteiger partial charge is 0.871 e. The number of hydrogen-bond donors (Lipinski definition) is 0. The van der Waals surface area contributed by atoms with Gasteiger partial charge < -0.3 is 24.2 Å². The molecular weight excluding hydrogens is 659 g/mol. The van der Waals surface area contributed by atoms with Crippen LogP contribution in [0.3, 0.4) is 0 Å². The summed E-state index contributed by atoms with van der Waals surface area (Å²) in [6, 6.07) is 45.6. The van der Waals surface area contributed by atoms with Crippen molar-refractivity contribution in [1.82, 2.24) is 0 Å². The van der Waals surface area contributed by atoms with Crippen LogP contribution in [0.25, 0.3) is 0 Å². The Morgan fingerprint density at radius 1 is 0.596 bits per heavy atom. The number of aromatic nitrogens is 2. The standard InChI is InChI=1S/C22H21BO3.2C9H11N2O2/c24-23(25)26-18-10-17-22(19-11-4-1-5-12-19,20-13-6-2-7-14-20)21-15-8-3-9-16-21;2*1-2-13-11-7-4-3-5-9(11)12-8-6-10/h1-9,11-16H,10,17-18H2;2*3-5,7H,2,8H2,1H3/q-2;2*+1. The summed E-state index contributed by atoms with van der Waals surface area (Å²) >= 11 is 0. The minimum absolute atomic E-state index is 0.0249. The van der Waals surface area contributed by atoms with Gasteiger partial charge in [0.2, 0.25) is 12.4 Å². The molecule has 0 fully saturated rings. The van der Waals surface area contributed by atoms with Crippen molar-refractivity contribution in [3.8, 4) is 23.9 Å². The van der Waals surface area contributed by atoms with Gasteiger partial charge in [0.05, 0.1) is 19.5 Å². The van der Waals surface area contributed by atoms with Crippen LogP contribution >= 0.6 is 0 Å². The molecule has 5 rings (SSSR count). The van der Waals surface area contributed by atoms with Crippen molar-refractivity contribution in [3.63, 3.8) is 0 Å². The van der Waals surface area contributed by atoms with E-state index in [-0.39, 0.29) is 25.2 Å². The molecule has 5 aromatic rings. The van der Waals surface area contributed by atoms with Gasteiger partial charge in [-0.1, -0.05) is 91.0 Å². The molecule has 0 aliphatic rings. The van der Waals surface area contributed by atoms with Crippen molar-refractivity contribution in [1.29, 1.82) is 10.5 Å². The number of ether oxygens (including phenoxy) is 2. The van der Waals surface area contributed by atoms with Gasteiger partial charge in [-0.2, -0.15) is 10.5 Å². The fraction of sp³-hybridized carbons (Fsp3) is 0.250. The van der Waals surface area contributed by atoms with Crippen molar-refractivity contribution < 1.29 is 43.3 Å². The Bertz CT molecular complexity index is 1630. The van der Waals surface area contributed by atoms with Crippen LogP contribution in [0.2, 0.25) is 0 Å². The van der Waals surface area contributed by atoms with E-state index in [1.165, 1.54) is 26.2 Å². The molecule has 12 heteroatoms. The van der Waals surface area contributed by atoms with Crippen molar-refractivity contribution in [2.75, 3.05) is 33.0 Å². The molecule has 0 spiro atoms. The minimum atomic E-state index is -2.23. The first kappa shape index (κ1) is 40.5. The van der Waals surface area contributed by atoms with Gasteiger partial charge in [-0.3, -0.25) is 9.68 Å². The molecule has 0 aliphatic heterocycles. The van der Waals surface area contributed by atoms with Gasteiger partial charge in [0.1, 0.15) is 12.1 Å². The quantitative estimate of drug-likeness (QED) is 0.0655. The molecule has 2 heterocycles. The molecule has 0 bridgehead atoms. The van der Waals surface area contributed by atoms with E-state index in [1.807, 2.05) is 105 Å². The van der Waals surface area contributed by atoms with E-state index in [0.29, 0.717) is 31.4 Å². The van der Waals surface area contributed by atoms with Crippen LogP contribution in [0.4, 0.5) is 0 Å². The molecule has 2 aromatic heterocycles. The van der Waals surface area contributed by atoms with Gasteiger partial charge in [0.15, 0.2) is 26.4 Å². The Labute approximate surface area is 306 Å². The molecule has 0 aliphatic carbocycles. The average molecular weight is 703 g/mol.